The summed E-state index contributed by atoms with van der Waals surface area (Å²) in [6.07, 6.45) is 69.1. The maximum Gasteiger partial charge on any atom is 0.305 e. The van der Waals surface area contributed by atoms with E-state index < -0.39 is 12.1 Å². The van der Waals surface area contributed by atoms with Crippen LogP contribution in [-0.2, 0) is 14.3 Å². The van der Waals surface area contributed by atoms with Gasteiger partial charge in [-0.05, 0) is 57.8 Å². The molecule has 0 saturated heterocycles. The molecule has 0 heterocycles. The van der Waals surface area contributed by atoms with E-state index in [-0.39, 0.29) is 18.5 Å². The molecule has 67 heavy (non-hydrogen) atoms. The van der Waals surface area contributed by atoms with E-state index in [0.29, 0.717) is 19.4 Å². The highest BCUT2D eigenvalue weighted by Crippen LogP contribution is 2.17. The van der Waals surface area contributed by atoms with Gasteiger partial charge in [-0.25, -0.2) is 0 Å². The van der Waals surface area contributed by atoms with Gasteiger partial charge in [0.05, 0.1) is 25.4 Å². The molecule has 2 unspecified atom stereocenters. The Morgan fingerprint density at radius 2 is 0.701 bits per heavy atom. The number of rotatable bonds is 56. The van der Waals surface area contributed by atoms with Gasteiger partial charge in [-0.15, -0.1) is 0 Å². The van der Waals surface area contributed by atoms with E-state index in [1.54, 1.807) is 6.08 Å². The van der Waals surface area contributed by atoms with Crippen molar-refractivity contribution in [2.24, 2.45) is 0 Å². The van der Waals surface area contributed by atoms with Gasteiger partial charge < -0.3 is 20.3 Å². The Labute approximate surface area is 418 Å². The summed E-state index contributed by atoms with van der Waals surface area (Å²) in [6.45, 7) is 4.90. The molecule has 0 radical (unpaired) electrons. The van der Waals surface area contributed by atoms with Crippen molar-refractivity contribution in [2.45, 2.75) is 341 Å². The van der Waals surface area contributed by atoms with Crippen LogP contribution in [0.5, 0.6) is 0 Å². The summed E-state index contributed by atoms with van der Waals surface area (Å²) in [6, 6.07) is -0.634. The number of amides is 1. The van der Waals surface area contributed by atoms with Crippen molar-refractivity contribution >= 4 is 11.9 Å². The van der Waals surface area contributed by atoms with Crippen LogP contribution in [0.3, 0.4) is 0 Å². The van der Waals surface area contributed by atoms with Crippen LogP contribution in [0.1, 0.15) is 328 Å². The van der Waals surface area contributed by atoms with Gasteiger partial charge in [0.15, 0.2) is 0 Å². The first-order valence-electron chi connectivity index (χ1n) is 30.1. The van der Waals surface area contributed by atoms with Crippen LogP contribution in [0.4, 0.5) is 0 Å². The summed E-state index contributed by atoms with van der Waals surface area (Å²) in [4.78, 5) is 24.5. The Kier molecular flexibility index (Phi) is 55.5. The zero-order valence-electron chi connectivity index (χ0n) is 45.1. The average Bonchev–Trinajstić information content (AvgIpc) is 3.33. The number of allylic oxidation sites excluding steroid dienone is 3. The average molecular weight is 945 g/mol. The predicted molar refractivity (Wildman–Crippen MR) is 292 cm³/mol. The van der Waals surface area contributed by atoms with E-state index >= 15 is 0 Å². The van der Waals surface area contributed by atoms with Crippen LogP contribution < -0.4 is 5.32 Å². The van der Waals surface area contributed by atoms with Gasteiger partial charge >= 0.3 is 5.97 Å². The third-order valence-corrected chi connectivity index (χ3v) is 14.0. The molecular weight excluding hydrogens is 827 g/mol. The second-order valence-electron chi connectivity index (χ2n) is 20.7. The molecule has 0 saturated carbocycles. The highest BCUT2D eigenvalue weighted by atomic mass is 16.5. The van der Waals surface area contributed by atoms with E-state index in [0.717, 1.165) is 44.9 Å². The van der Waals surface area contributed by atoms with Crippen LogP contribution in [0.15, 0.2) is 24.3 Å². The molecule has 0 bridgehead atoms. The Morgan fingerprint density at radius 1 is 0.403 bits per heavy atom. The monoisotopic (exact) mass is 944 g/mol. The molecule has 0 aromatic heterocycles. The summed E-state index contributed by atoms with van der Waals surface area (Å²) in [7, 11) is 0. The first kappa shape index (κ1) is 65.3. The van der Waals surface area contributed by atoms with Gasteiger partial charge in [0.1, 0.15) is 0 Å². The van der Waals surface area contributed by atoms with Gasteiger partial charge in [-0.3, -0.25) is 9.59 Å². The van der Waals surface area contributed by atoms with Crippen LogP contribution in [0.25, 0.3) is 0 Å². The number of carbonyl (C=O) groups is 2. The molecule has 3 N–H and O–H groups in total. The Morgan fingerprint density at radius 3 is 1.06 bits per heavy atom. The normalized spacial score (nSPS) is 12.7. The summed E-state index contributed by atoms with van der Waals surface area (Å²) in [5.74, 6) is -0.0777. The quantitative estimate of drug-likeness (QED) is 0.0321. The van der Waals surface area contributed by atoms with Crippen molar-refractivity contribution in [1.82, 2.24) is 5.32 Å². The van der Waals surface area contributed by atoms with E-state index in [2.05, 4.69) is 31.3 Å². The maximum atomic E-state index is 12.5. The SMILES string of the molecule is CCCCCCCC/C=C\CCCCCCCC(=O)OCCCCCCCCCCCCCCCCCCC(=O)NC(CO)C(O)/C=C/CCCCCCCCCCCCCCCCCCC. The van der Waals surface area contributed by atoms with Crippen molar-refractivity contribution < 1.29 is 24.5 Å². The van der Waals surface area contributed by atoms with Gasteiger partial charge in [0, 0.05) is 12.8 Å². The Balaban J connectivity index is 3.46. The molecule has 1 amide bonds. The molecule has 0 aliphatic carbocycles. The van der Waals surface area contributed by atoms with E-state index in [4.69, 9.17) is 4.74 Å². The van der Waals surface area contributed by atoms with Gasteiger partial charge in [-0.2, -0.15) is 0 Å². The van der Waals surface area contributed by atoms with Gasteiger partial charge in [-0.1, -0.05) is 282 Å². The molecular formula is C61H117NO5. The van der Waals surface area contributed by atoms with Gasteiger partial charge in [0.2, 0.25) is 5.91 Å². The topological polar surface area (TPSA) is 95.9 Å². The fourth-order valence-corrected chi connectivity index (χ4v) is 9.34. The summed E-state index contributed by atoms with van der Waals surface area (Å²) >= 11 is 0. The lowest BCUT2D eigenvalue weighted by molar-refractivity contribution is -0.143. The Hall–Kier alpha value is -1.66. The molecule has 0 rings (SSSR count). The maximum absolute atomic E-state index is 12.5. The fraction of sp³-hybridized carbons (Fsp3) is 0.902. The molecule has 6 nitrogen and oxygen atoms in total. The number of hydrogen-bond acceptors (Lipinski definition) is 5. The van der Waals surface area contributed by atoms with Crippen LogP contribution >= 0.6 is 0 Å². The van der Waals surface area contributed by atoms with Crippen molar-refractivity contribution in [3.05, 3.63) is 24.3 Å². The second kappa shape index (κ2) is 56.9. The third kappa shape index (κ3) is 53.5. The fourth-order valence-electron chi connectivity index (χ4n) is 9.34. The highest BCUT2D eigenvalue weighted by molar-refractivity contribution is 5.76. The number of nitrogens with one attached hydrogen (secondary N) is 1. The number of ether oxygens (including phenoxy) is 1. The molecule has 396 valence electrons. The zero-order valence-corrected chi connectivity index (χ0v) is 45.1. The third-order valence-electron chi connectivity index (χ3n) is 14.0. The van der Waals surface area contributed by atoms with Crippen molar-refractivity contribution in [2.75, 3.05) is 13.2 Å². The van der Waals surface area contributed by atoms with E-state index in [1.807, 2.05) is 6.08 Å². The first-order valence-corrected chi connectivity index (χ1v) is 30.1. The molecule has 6 heteroatoms. The lowest BCUT2D eigenvalue weighted by Gasteiger charge is -2.20. The molecule has 0 aromatic carbocycles. The zero-order chi connectivity index (χ0) is 48.6. The summed E-state index contributed by atoms with van der Waals surface area (Å²) < 4.78 is 5.47. The Bertz CT molecular complexity index is 1040. The van der Waals surface area contributed by atoms with Crippen LogP contribution in [0, 0.1) is 0 Å². The first-order chi connectivity index (χ1) is 33.0. The number of unbranched alkanes of at least 4 members (excludes halogenated alkanes) is 43. The minimum absolute atomic E-state index is 0.00530. The predicted octanol–water partition coefficient (Wildman–Crippen LogP) is 18.6. The van der Waals surface area contributed by atoms with Gasteiger partial charge in [0.25, 0.3) is 0 Å². The lowest BCUT2D eigenvalue weighted by Crippen LogP contribution is -2.45. The minimum Gasteiger partial charge on any atom is -0.466 e. The smallest absolute Gasteiger partial charge is 0.305 e. The largest absolute Gasteiger partial charge is 0.466 e. The summed E-state index contributed by atoms with van der Waals surface area (Å²) in [5, 5.41) is 23.2. The second-order valence-corrected chi connectivity index (χ2v) is 20.7. The molecule has 0 fully saturated rings. The number of aliphatic hydroxyl groups is 2. The van der Waals surface area contributed by atoms with Crippen LogP contribution in [-0.4, -0.2) is 47.4 Å². The number of hydrogen-bond donors (Lipinski definition) is 3. The van der Waals surface area contributed by atoms with E-state index in [9.17, 15) is 19.8 Å². The number of esters is 1. The molecule has 0 aliphatic rings. The van der Waals surface area contributed by atoms with E-state index in [1.165, 1.54) is 257 Å². The standard InChI is InChI=1S/C61H117NO5/c1-3-5-7-9-11-13-15-17-19-20-21-22-26-29-33-37-41-45-49-53-59(64)58(57-63)62-60(65)54-50-46-42-38-34-30-27-23-24-28-32-36-40-44-48-52-56-67-61(66)55-51-47-43-39-35-31-25-18-16-14-12-10-8-6-4-2/h18,25,49,53,58-59,63-64H,3-17,19-24,26-48,50-52,54-57H2,1-2H3,(H,62,65)/b25-18-,53-49+. The van der Waals surface area contributed by atoms with Crippen molar-refractivity contribution in [3.8, 4) is 0 Å². The lowest BCUT2D eigenvalue weighted by atomic mass is 10.0. The molecule has 2 atom stereocenters. The minimum atomic E-state index is -0.850. The van der Waals surface area contributed by atoms with Crippen molar-refractivity contribution in [3.63, 3.8) is 0 Å². The van der Waals surface area contributed by atoms with Crippen molar-refractivity contribution in [1.29, 1.82) is 0 Å². The molecule has 0 aromatic rings. The molecule has 0 spiro atoms. The van der Waals surface area contributed by atoms with Crippen LogP contribution in [0.2, 0.25) is 0 Å². The summed E-state index contributed by atoms with van der Waals surface area (Å²) in [5.41, 5.74) is 0. The number of aliphatic hydroxyl groups excluding tert-OH is 2. The highest BCUT2D eigenvalue weighted by Gasteiger charge is 2.18. The number of carbonyl (C=O) groups excluding carboxylic acids is 2. The molecule has 0 aliphatic heterocycles.